The van der Waals surface area contributed by atoms with Crippen molar-refractivity contribution in [2.45, 2.75) is 18.4 Å². The first-order valence-corrected chi connectivity index (χ1v) is 12.1. The van der Waals surface area contributed by atoms with Gasteiger partial charge < -0.3 is 5.73 Å². The van der Waals surface area contributed by atoms with E-state index in [0.29, 0.717) is 23.1 Å². The van der Waals surface area contributed by atoms with Gasteiger partial charge in [-0.2, -0.15) is 8.42 Å². The molecule has 0 fully saturated rings. The Hall–Kier alpha value is -3.63. The molecule has 1 atom stereocenters. The minimum Gasteiger partial charge on any atom is -0.369 e. The average Bonchev–Trinajstić information content (AvgIpc) is 3.04. The van der Waals surface area contributed by atoms with E-state index in [9.17, 15) is 17.6 Å². The van der Waals surface area contributed by atoms with Crippen LogP contribution in [-0.2, 0) is 26.9 Å². The molecular weight excluding hydrogens is 459 g/mol. The fourth-order valence-corrected chi connectivity index (χ4v) is 4.60. The number of carbonyl (C=O) groups excluding carboxylic acids is 1. The van der Waals surface area contributed by atoms with E-state index in [2.05, 4.69) is 9.98 Å². The zero-order chi connectivity index (χ0) is 24.5. The number of carbonyl (C=O) groups is 1. The summed E-state index contributed by atoms with van der Waals surface area (Å²) < 4.78 is 45.9. The number of hydrogen-bond donors (Lipinski definition) is 2. The minimum atomic E-state index is -4.07. The second-order valence-corrected chi connectivity index (χ2v) is 9.64. The van der Waals surface area contributed by atoms with Crippen LogP contribution >= 0.6 is 0 Å². The lowest BCUT2D eigenvalue weighted by molar-refractivity contribution is -0.129. The van der Waals surface area contributed by atoms with Crippen LogP contribution in [0.5, 0.6) is 0 Å². The van der Waals surface area contributed by atoms with Crippen molar-refractivity contribution in [3.8, 4) is 11.1 Å². The van der Waals surface area contributed by atoms with Crippen molar-refractivity contribution in [3.05, 3.63) is 89.5 Å². The van der Waals surface area contributed by atoms with Gasteiger partial charge in [-0.05, 0) is 47.7 Å². The number of nitrogens with zero attached hydrogens (tertiary/aromatic N) is 3. The number of benzene rings is 2. The number of nitrogens with two attached hydrogens (primary N) is 1. The maximum absolute atomic E-state index is 14.8. The first-order valence-electron chi connectivity index (χ1n) is 10.5. The van der Waals surface area contributed by atoms with Gasteiger partial charge in [0.05, 0.1) is 5.75 Å². The number of likely N-dealkylation sites (N-methyl/N-ethyl adjacent to an activating group) is 1. The van der Waals surface area contributed by atoms with Crippen LogP contribution in [0.15, 0.2) is 72.0 Å². The van der Waals surface area contributed by atoms with E-state index in [0.717, 1.165) is 5.56 Å². The molecule has 1 unspecified atom stereocenters. The molecule has 1 aliphatic rings. The quantitative estimate of drug-likeness (QED) is 0.499. The summed E-state index contributed by atoms with van der Waals surface area (Å²) in [7, 11) is -2.56. The van der Waals surface area contributed by atoms with Crippen molar-refractivity contribution >= 4 is 22.0 Å². The smallest absolute Gasteiger partial charge is 0.266 e. The fourth-order valence-electron chi connectivity index (χ4n) is 4.09. The molecule has 34 heavy (non-hydrogen) atoms. The third kappa shape index (κ3) is 4.42. The van der Waals surface area contributed by atoms with Crippen molar-refractivity contribution in [2.75, 3.05) is 12.8 Å². The number of pyridine rings is 1. The lowest BCUT2D eigenvalue weighted by atomic mass is 9.81. The first-order chi connectivity index (χ1) is 16.1. The Kier molecular flexibility index (Phi) is 6.20. The molecule has 4 rings (SSSR count). The molecular formula is C24H23FN4O4S. The number of hydrogen-bond acceptors (Lipinski definition) is 6. The summed E-state index contributed by atoms with van der Waals surface area (Å²) in [5.41, 5.74) is 7.02. The van der Waals surface area contributed by atoms with Gasteiger partial charge in [0, 0.05) is 30.6 Å². The molecule has 2 heterocycles. The Labute approximate surface area is 196 Å². The van der Waals surface area contributed by atoms with Crippen LogP contribution in [0, 0.1) is 5.82 Å². The van der Waals surface area contributed by atoms with Crippen LogP contribution in [0.25, 0.3) is 11.1 Å². The molecule has 0 saturated carbocycles. The SMILES string of the molecule is CN1C(=O)C(c2cccc(CCCS(=O)(=O)O)c2)(c2ccc(F)c(-c3cccnc3)c2)N=C1N. The molecule has 2 aromatic carbocycles. The second-order valence-electron chi connectivity index (χ2n) is 8.07. The zero-order valence-electron chi connectivity index (χ0n) is 18.3. The van der Waals surface area contributed by atoms with Gasteiger partial charge in [0.1, 0.15) is 5.82 Å². The molecule has 0 radical (unpaired) electrons. The molecule has 8 nitrogen and oxygen atoms in total. The largest absolute Gasteiger partial charge is 0.369 e. The Morgan fingerprint density at radius 2 is 1.88 bits per heavy atom. The molecule has 1 aliphatic heterocycles. The van der Waals surface area contributed by atoms with Crippen molar-refractivity contribution in [2.24, 2.45) is 10.7 Å². The number of rotatable bonds is 7. The first kappa shape index (κ1) is 23.5. The summed E-state index contributed by atoms with van der Waals surface area (Å²) in [6.07, 6.45) is 3.68. The van der Waals surface area contributed by atoms with Crippen LogP contribution in [0.3, 0.4) is 0 Å². The molecule has 176 valence electrons. The molecule has 1 aromatic heterocycles. The van der Waals surface area contributed by atoms with Gasteiger partial charge in [-0.1, -0.05) is 36.4 Å². The molecule has 1 amide bonds. The van der Waals surface area contributed by atoms with Crippen LogP contribution in [0.4, 0.5) is 4.39 Å². The Morgan fingerprint density at radius 1 is 1.12 bits per heavy atom. The lowest BCUT2D eigenvalue weighted by Crippen LogP contribution is -2.41. The number of amides is 1. The van der Waals surface area contributed by atoms with Gasteiger partial charge in [0.2, 0.25) is 0 Å². The van der Waals surface area contributed by atoms with Crippen molar-refractivity contribution in [1.29, 1.82) is 0 Å². The van der Waals surface area contributed by atoms with E-state index in [4.69, 9.17) is 10.3 Å². The van der Waals surface area contributed by atoms with E-state index in [1.165, 1.54) is 30.3 Å². The highest BCUT2D eigenvalue weighted by molar-refractivity contribution is 7.85. The zero-order valence-corrected chi connectivity index (χ0v) is 19.2. The van der Waals surface area contributed by atoms with Gasteiger partial charge >= 0.3 is 0 Å². The fraction of sp³-hybridized carbons (Fsp3) is 0.208. The van der Waals surface area contributed by atoms with E-state index in [1.807, 2.05) is 0 Å². The molecule has 10 heteroatoms. The van der Waals surface area contributed by atoms with E-state index in [1.54, 1.807) is 48.7 Å². The summed E-state index contributed by atoms with van der Waals surface area (Å²) in [5, 5.41) is 0. The normalized spacial score (nSPS) is 18.3. The van der Waals surface area contributed by atoms with Crippen LogP contribution in [0.1, 0.15) is 23.1 Å². The third-order valence-electron chi connectivity index (χ3n) is 5.81. The highest BCUT2D eigenvalue weighted by Gasteiger charge is 2.49. The second kappa shape index (κ2) is 8.96. The summed E-state index contributed by atoms with van der Waals surface area (Å²) >= 11 is 0. The maximum atomic E-state index is 14.8. The predicted octanol–water partition coefficient (Wildman–Crippen LogP) is 2.74. The molecule has 0 bridgehead atoms. The molecule has 0 saturated heterocycles. The highest BCUT2D eigenvalue weighted by Crippen LogP contribution is 2.41. The van der Waals surface area contributed by atoms with Crippen LogP contribution in [-0.4, -0.2) is 47.5 Å². The van der Waals surface area contributed by atoms with Gasteiger partial charge in [-0.15, -0.1) is 0 Å². The molecule has 0 spiro atoms. The van der Waals surface area contributed by atoms with Crippen LogP contribution < -0.4 is 5.73 Å². The molecule has 3 aromatic rings. The number of aryl methyl sites for hydroxylation is 1. The topological polar surface area (TPSA) is 126 Å². The number of guanidine groups is 1. The molecule has 3 N–H and O–H groups in total. The summed E-state index contributed by atoms with van der Waals surface area (Å²) in [4.78, 5) is 23.4. The Balaban J connectivity index is 1.83. The maximum Gasteiger partial charge on any atom is 0.266 e. The van der Waals surface area contributed by atoms with Crippen molar-refractivity contribution < 1.29 is 22.2 Å². The van der Waals surface area contributed by atoms with E-state index in [-0.39, 0.29) is 23.7 Å². The number of aliphatic imine (C=N–C) groups is 1. The van der Waals surface area contributed by atoms with Gasteiger partial charge in [0.25, 0.3) is 16.0 Å². The average molecular weight is 483 g/mol. The van der Waals surface area contributed by atoms with Gasteiger partial charge in [-0.25, -0.2) is 9.38 Å². The van der Waals surface area contributed by atoms with Crippen molar-refractivity contribution in [3.63, 3.8) is 0 Å². The highest BCUT2D eigenvalue weighted by atomic mass is 32.2. The monoisotopic (exact) mass is 482 g/mol. The standard InChI is InChI=1S/C24H23FN4O4S/c1-29-22(30)24(28-23(29)26,18-8-2-5-16(13-18)6-4-12-34(31,32)33)19-9-10-21(25)20(14-19)17-7-3-11-27-15-17/h2-3,5,7-11,13-15H,4,6,12H2,1H3,(H2,26,28)(H,31,32,33). The van der Waals surface area contributed by atoms with Gasteiger partial charge in [0.15, 0.2) is 11.5 Å². The Morgan fingerprint density at radius 3 is 2.53 bits per heavy atom. The third-order valence-corrected chi connectivity index (χ3v) is 6.61. The summed E-state index contributed by atoms with van der Waals surface area (Å²) in [5.74, 6) is -1.22. The predicted molar refractivity (Wildman–Crippen MR) is 126 cm³/mol. The summed E-state index contributed by atoms with van der Waals surface area (Å²) in [6, 6.07) is 14.8. The van der Waals surface area contributed by atoms with E-state index >= 15 is 0 Å². The summed E-state index contributed by atoms with van der Waals surface area (Å²) in [6.45, 7) is 0. The van der Waals surface area contributed by atoms with Gasteiger partial charge in [-0.3, -0.25) is 19.2 Å². The minimum absolute atomic E-state index is 0.0222. The van der Waals surface area contributed by atoms with Crippen molar-refractivity contribution in [1.82, 2.24) is 9.88 Å². The number of aromatic nitrogens is 1. The van der Waals surface area contributed by atoms with E-state index < -0.39 is 27.4 Å². The molecule has 0 aliphatic carbocycles. The van der Waals surface area contributed by atoms with Crippen LogP contribution in [0.2, 0.25) is 0 Å². The number of halogens is 1. The Bertz CT molecular complexity index is 1380. The lowest BCUT2D eigenvalue weighted by Gasteiger charge is -2.27.